The number of unbranched alkanes of at least 4 members (excludes halogenated alkanes) is 5. The van der Waals surface area contributed by atoms with Gasteiger partial charge < -0.3 is 24.8 Å². The predicted molar refractivity (Wildman–Crippen MR) is 85.7 cm³/mol. The molecule has 22 heavy (non-hydrogen) atoms. The van der Waals surface area contributed by atoms with E-state index < -0.39 is 24.4 Å². The van der Waals surface area contributed by atoms with Crippen LogP contribution in [0.15, 0.2) is 12.2 Å². The molecule has 0 amide bonds. The Morgan fingerprint density at radius 1 is 1.05 bits per heavy atom. The van der Waals surface area contributed by atoms with Crippen LogP contribution in [0.2, 0.25) is 0 Å². The van der Waals surface area contributed by atoms with Crippen LogP contribution in [0.4, 0.5) is 0 Å². The average Bonchev–Trinajstić information content (AvgIpc) is 2.53. The molecule has 5 nitrogen and oxygen atoms in total. The summed E-state index contributed by atoms with van der Waals surface area (Å²) in [5, 5.41) is 28.6. The lowest BCUT2D eigenvalue weighted by atomic mass is 10.0. The summed E-state index contributed by atoms with van der Waals surface area (Å²) in [7, 11) is 0. The van der Waals surface area contributed by atoms with Crippen LogP contribution in [-0.4, -0.2) is 59.6 Å². The summed E-state index contributed by atoms with van der Waals surface area (Å²) in [6.45, 7) is 2.61. The van der Waals surface area contributed by atoms with E-state index in [2.05, 4.69) is 19.1 Å². The third-order valence-electron chi connectivity index (χ3n) is 4.02. The van der Waals surface area contributed by atoms with E-state index in [0.717, 1.165) is 12.8 Å². The highest BCUT2D eigenvalue weighted by Gasteiger charge is 2.38. The van der Waals surface area contributed by atoms with Crippen molar-refractivity contribution in [3.63, 3.8) is 0 Å². The van der Waals surface area contributed by atoms with Crippen molar-refractivity contribution in [2.75, 3.05) is 19.8 Å². The summed E-state index contributed by atoms with van der Waals surface area (Å²) in [5.74, 6) is 0. The van der Waals surface area contributed by atoms with Gasteiger partial charge in [0, 0.05) is 0 Å². The molecule has 0 radical (unpaired) electrons. The standard InChI is InChI=1S/C17H32O5/c1-2-3-4-5-6-7-8-9-10-11-21-15-13-22-14(12-18)16(19)17(15)20/h8-9,14-20H,2-7,10-13H2,1H3/b9-8+/t14-,15+,16-,17-/m0/s1. The number of hydrogen-bond acceptors (Lipinski definition) is 5. The van der Waals surface area contributed by atoms with Crippen molar-refractivity contribution >= 4 is 0 Å². The molecule has 1 saturated heterocycles. The van der Waals surface area contributed by atoms with Gasteiger partial charge in [-0.1, -0.05) is 44.8 Å². The molecule has 1 aliphatic rings. The Labute approximate surface area is 133 Å². The Morgan fingerprint density at radius 3 is 2.50 bits per heavy atom. The second-order valence-corrected chi connectivity index (χ2v) is 5.91. The first-order valence-corrected chi connectivity index (χ1v) is 8.55. The van der Waals surface area contributed by atoms with Gasteiger partial charge in [-0.05, 0) is 19.3 Å². The number of hydrogen-bond donors (Lipinski definition) is 3. The number of rotatable bonds is 11. The molecule has 0 aromatic rings. The zero-order chi connectivity index (χ0) is 16.2. The highest BCUT2D eigenvalue weighted by molar-refractivity contribution is 4.88. The van der Waals surface area contributed by atoms with Crippen molar-refractivity contribution < 1.29 is 24.8 Å². The third kappa shape index (κ3) is 7.20. The summed E-state index contributed by atoms with van der Waals surface area (Å²) in [4.78, 5) is 0. The Hall–Kier alpha value is -0.460. The Kier molecular flexibility index (Phi) is 10.7. The van der Waals surface area contributed by atoms with Crippen LogP contribution < -0.4 is 0 Å². The van der Waals surface area contributed by atoms with Gasteiger partial charge in [-0.15, -0.1) is 0 Å². The minimum Gasteiger partial charge on any atom is -0.394 e. The molecule has 1 fully saturated rings. The summed E-state index contributed by atoms with van der Waals surface area (Å²) in [5.41, 5.74) is 0. The van der Waals surface area contributed by atoms with Crippen molar-refractivity contribution in [2.45, 2.75) is 76.3 Å². The van der Waals surface area contributed by atoms with E-state index in [-0.39, 0.29) is 13.2 Å². The maximum absolute atomic E-state index is 9.90. The molecule has 0 aromatic carbocycles. The number of ether oxygens (including phenoxy) is 2. The van der Waals surface area contributed by atoms with Crippen LogP contribution in [0.3, 0.4) is 0 Å². The number of aliphatic hydroxyl groups is 3. The van der Waals surface area contributed by atoms with Crippen molar-refractivity contribution in [2.24, 2.45) is 0 Å². The summed E-state index contributed by atoms with van der Waals surface area (Å²) in [6, 6.07) is 0. The van der Waals surface area contributed by atoms with Crippen LogP contribution in [0.5, 0.6) is 0 Å². The molecule has 0 saturated carbocycles. The monoisotopic (exact) mass is 316 g/mol. The van der Waals surface area contributed by atoms with Gasteiger partial charge in [0.05, 0.1) is 19.8 Å². The van der Waals surface area contributed by atoms with Gasteiger partial charge in [-0.3, -0.25) is 0 Å². The lowest BCUT2D eigenvalue weighted by Gasteiger charge is -2.36. The Balaban J connectivity index is 2.04. The highest BCUT2D eigenvalue weighted by Crippen LogP contribution is 2.18. The summed E-state index contributed by atoms with van der Waals surface area (Å²) >= 11 is 0. The van der Waals surface area contributed by atoms with Crippen LogP contribution in [0, 0.1) is 0 Å². The SMILES string of the molecule is CCCCCCC/C=C/CCO[C@@H]1CO[C@@H](CO)[C@H](O)[C@H]1O. The second-order valence-electron chi connectivity index (χ2n) is 5.91. The molecule has 5 heteroatoms. The van der Waals surface area contributed by atoms with Crippen LogP contribution >= 0.6 is 0 Å². The first-order valence-electron chi connectivity index (χ1n) is 8.55. The molecule has 0 spiro atoms. The van der Waals surface area contributed by atoms with E-state index in [1.54, 1.807) is 0 Å². The molecule has 130 valence electrons. The Morgan fingerprint density at radius 2 is 1.77 bits per heavy atom. The van der Waals surface area contributed by atoms with Gasteiger partial charge in [0.2, 0.25) is 0 Å². The lowest BCUT2D eigenvalue weighted by molar-refractivity contribution is -0.208. The average molecular weight is 316 g/mol. The van der Waals surface area contributed by atoms with Crippen LogP contribution in [0.1, 0.15) is 51.9 Å². The van der Waals surface area contributed by atoms with E-state index in [1.165, 1.54) is 32.1 Å². The van der Waals surface area contributed by atoms with Gasteiger partial charge in [-0.25, -0.2) is 0 Å². The molecular weight excluding hydrogens is 284 g/mol. The first-order chi connectivity index (χ1) is 10.7. The van der Waals surface area contributed by atoms with Crippen molar-refractivity contribution in [1.29, 1.82) is 0 Å². The zero-order valence-electron chi connectivity index (χ0n) is 13.7. The van der Waals surface area contributed by atoms with Gasteiger partial charge in [0.25, 0.3) is 0 Å². The van der Waals surface area contributed by atoms with E-state index in [0.29, 0.717) is 6.61 Å². The van der Waals surface area contributed by atoms with Crippen molar-refractivity contribution in [3.05, 3.63) is 12.2 Å². The van der Waals surface area contributed by atoms with Crippen molar-refractivity contribution in [3.8, 4) is 0 Å². The first kappa shape index (κ1) is 19.6. The van der Waals surface area contributed by atoms with Gasteiger partial charge in [0.1, 0.15) is 24.4 Å². The molecule has 0 unspecified atom stereocenters. The zero-order valence-corrected chi connectivity index (χ0v) is 13.7. The van der Waals surface area contributed by atoms with E-state index in [9.17, 15) is 10.2 Å². The molecule has 4 atom stereocenters. The second kappa shape index (κ2) is 12.0. The lowest BCUT2D eigenvalue weighted by Crippen LogP contribution is -2.55. The maximum atomic E-state index is 9.90. The molecule has 1 aliphatic heterocycles. The molecule has 1 heterocycles. The van der Waals surface area contributed by atoms with Gasteiger partial charge >= 0.3 is 0 Å². The van der Waals surface area contributed by atoms with Crippen LogP contribution in [-0.2, 0) is 9.47 Å². The summed E-state index contributed by atoms with van der Waals surface area (Å²) < 4.78 is 10.8. The molecule has 1 rings (SSSR count). The quantitative estimate of drug-likeness (QED) is 0.400. The fourth-order valence-corrected chi connectivity index (χ4v) is 2.55. The highest BCUT2D eigenvalue weighted by atomic mass is 16.6. The van der Waals surface area contributed by atoms with E-state index in [1.807, 2.05) is 0 Å². The third-order valence-corrected chi connectivity index (χ3v) is 4.02. The van der Waals surface area contributed by atoms with Gasteiger partial charge in [-0.2, -0.15) is 0 Å². The Bertz CT molecular complexity index is 295. The molecular formula is C17H32O5. The maximum Gasteiger partial charge on any atom is 0.111 e. The van der Waals surface area contributed by atoms with Crippen molar-refractivity contribution in [1.82, 2.24) is 0 Å². The largest absolute Gasteiger partial charge is 0.394 e. The fourth-order valence-electron chi connectivity index (χ4n) is 2.55. The molecule has 3 N–H and O–H groups in total. The molecule has 0 aromatic heterocycles. The fraction of sp³-hybridized carbons (Fsp3) is 0.882. The minimum atomic E-state index is -1.09. The molecule has 0 aliphatic carbocycles. The smallest absolute Gasteiger partial charge is 0.111 e. The number of aliphatic hydroxyl groups excluding tert-OH is 3. The molecule has 0 bridgehead atoms. The van der Waals surface area contributed by atoms with Gasteiger partial charge in [0.15, 0.2) is 0 Å². The van der Waals surface area contributed by atoms with Crippen LogP contribution in [0.25, 0.3) is 0 Å². The normalized spacial score (nSPS) is 29.3. The van der Waals surface area contributed by atoms with E-state index in [4.69, 9.17) is 14.6 Å². The van der Waals surface area contributed by atoms with E-state index >= 15 is 0 Å². The minimum absolute atomic E-state index is 0.199. The predicted octanol–water partition coefficient (Wildman–Crippen LogP) is 1.79. The topological polar surface area (TPSA) is 79.2 Å². The summed E-state index contributed by atoms with van der Waals surface area (Å²) in [6.07, 6.45) is 9.29. The number of allylic oxidation sites excluding steroid dienone is 1.